The lowest BCUT2D eigenvalue weighted by molar-refractivity contribution is -0.499. The molecule has 80 valence electrons. The Morgan fingerprint density at radius 3 is 2.47 bits per heavy atom. The van der Waals surface area contributed by atoms with Crippen molar-refractivity contribution >= 4 is 55.4 Å². The van der Waals surface area contributed by atoms with Gasteiger partial charge in [-0.2, -0.15) is 0 Å². The third-order valence-corrected chi connectivity index (χ3v) is 2.78. The number of aromatic hydroxyl groups is 1. The zero-order valence-electron chi connectivity index (χ0n) is 7.42. The highest BCUT2D eigenvalue weighted by Crippen LogP contribution is 2.32. The van der Waals surface area contributed by atoms with Crippen LogP contribution < -0.4 is 16.3 Å². The molecule has 1 aromatic carbocycles. The molecule has 0 atom stereocenters. The maximum absolute atomic E-state index is 9.46. The minimum absolute atomic E-state index is 0.156. The molecule has 0 aliphatic carbocycles. The molecule has 0 radical (unpaired) electrons. The standard InChI is InChI=1S/C8H7Br2N3OS/c9-5-1-4(2-6(10)7(5)14)3-12-13-8(11)15/h1-3,14H,(H3,11,13,15)/p+1/b12-3+. The number of rotatable bonds is 2. The fourth-order valence-electron chi connectivity index (χ4n) is 0.859. The Hall–Kier alpha value is -0.660. The van der Waals surface area contributed by atoms with Crippen LogP contribution in [-0.4, -0.2) is 16.4 Å². The van der Waals surface area contributed by atoms with E-state index in [2.05, 4.69) is 54.6 Å². The molecule has 0 aliphatic heterocycles. The third-order valence-electron chi connectivity index (χ3n) is 1.47. The first-order valence-corrected chi connectivity index (χ1v) is 5.82. The molecule has 1 rings (SSSR count). The van der Waals surface area contributed by atoms with Crippen LogP contribution in [0.3, 0.4) is 0 Å². The van der Waals surface area contributed by atoms with Crippen molar-refractivity contribution in [2.45, 2.75) is 0 Å². The maximum atomic E-state index is 9.46. The van der Waals surface area contributed by atoms with E-state index in [9.17, 15) is 5.11 Å². The van der Waals surface area contributed by atoms with Gasteiger partial charge < -0.3 is 10.8 Å². The van der Waals surface area contributed by atoms with Crippen LogP contribution in [0.1, 0.15) is 5.56 Å². The highest BCUT2D eigenvalue weighted by Gasteiger charge is 2.05. The lowest BCUT2D eigenvalue weighted by atomic mass is 10.2. The molecule has 0 saturated carbocycles. The lowest BCUT2D eigenvalue weighted by Crippen LogP contribution is -2.82. The number of hydrazone groups is 1. The number of nitrogens with one attached hydrogen (secondary N) is 2. The number of benzene rings is 1. The molecule has 0 amide bonds. The topological polar surface area (TPSA) is 72.2 Å². The van der Waals surface area contributed by atoms with Gasteiger partial charge in [0.25, 0.3) is 0 Å². The summed E-state index contributed by atoms with van der Waals surface area (Å²) in [6, 6.07) is 3.49. The summed E-state index contributed by atoms with van der Waals surface area (Å²) in [6.45, 7) is 0. The van der Waals surface area contributed by atoms with E-state index in [0.29, 0.717) is 8.95 Å². The molecule has 0 heterocycles. The molecule has 7 heteroatoms. The van der Waals surface area contributed by atoms with Gasteiger partial charge in [-0.3, -0.25) is 0 Å². The Kier molecular flexibility index (Phi) is 4.49. The van der Waals surface area contributed by atoms with Gasteiger partial charge in [0.05, 0.1) is 8.95 Å². The smallest absolute Gasteiger partial charge is 0.221 e. The summed E-state index contributed by atoms with van der Waals surface area (Å²) < 4.78 is 1.19. The Bertz CT molecular complexity index is 399. The number of phenols is 1. The predicted molar refractivity (Wildman–Crippen MR) is 69.6 cm³/mol. The number of halogens is 2. The zero-order valence-corrected chi connectivity index (χ0v) is 11.4. The van der Waals surface area contributed by atoms with Crippen LogP contribution in [0.4, 0.5) is 0 Å². The second-order valence-electron chi connectivity index (χ2n) is 2.61. The Balaban J connectivity index is 2.87. The van der Waals surface area contributed by atoms with Gasteiger partial charge in [0.2, 0.25) is 5.11 Å². The van der Waals surface area contributed by atoms with Crippen LogP contribution in [0, 0.1) is 0 Å². The molecule has 1 aromatic rings. The van der Waals surface area contributed by atoms with E-state index in [4.69, 9.17) is 5.73 Å². The van der Waals surface area contributed by atoms with E-state index < -0.39 is 0 Å². The highest BCUT2D eigenvalue weighted by atomic mass is 79.9. The van der Waals surface area contributed by atoms with Gasteiger partial charge in [-0.05, 0) is 56.2 Å². The molecule has 15 heavy (non-hydrogen) atoms. The number of nitrogens with two attached hydrogens (primary N) is 1. The molecule has 4 nitrogen and oxygen atoms in total. The molecule has 0 spiro atoms. The Labute approximate surface area is 109 Å². The van der Waals surface area contributed by atoms with E-state index in [0.717, 1.165) is 5.56 Å². The van der Waals surface area contributed by atoms with E-state index in [-0.39, 0.29) is 10.9 Å². The molecule has 0 unspecified atom stereocenters. The third kappa shape index (κ3) is 3.77. The molecule has 0 saturated heterocycles. The van der Waals surface area contributed by atoms with Gasteiger partial charge in [0.1, 0.15) is 5.75 Å². The van der Waals surface area contributed by atoms with E-state index in [1.165, 1.54) is 0 Å². The normalized spacial score (nSPS) is 10.5. The second-order valence-corrected chi connectivity index (χ2v) is 4.76. The summed E-state index contributed by atoms with van der Waals surface area (Å²) in [6.07, 6.45) is 1.66. The molecule has 0 aromatic heterocycles. The number of hydrazine groups is 1. The summed E-state index contributed by atoms with van der Waals surface area (Å²) in [4.78, 5) is 0. The summed E-state index contributed by atoms with van der Waals surface area (Å²) in [5, 5.41) is 12.3. The molecule has 5 N–H and O–H groups in total. The van der Waals surface area contributed by atoms with Crippen LogP contribution in [0.15, 0.2) is 21.1 Å². The monoisotopic (exact) mass is 352 g/mol. The maximum Gasteiger partial charge on any atom is 0.221 e. The van der Waals surface area contributed by atoms with Gasteiger partial charge in [0, 0.05) is 5.56 Å². The number of phenolic OH excluding ortho intramolecular Hbond substituents is 1. The zero-order chi connectivity index (χ0) is 11.4. The van der Waals surface area contributed by atoms with Crippen molar-refractivity contribution in [2.24, 2.45) is 5.73 Å². The molecule has 0 aliphatic rings. The first-order valence-electron chi connectivity index (χ1n) is 3.83. The number of thiocarbonyl (C=S) groups is 1. The number of hydrogen-bond acceptors (Lipinski definition) is 2. The van der Waals surface area contributed by atoms with Crippen molar-refractivity contribution in [3.63, 3.8) is 0 Å². The van der Waals surface area contributed by atoms with E-state index in [1.807, 2.05) is 0 Å². The van der Waals surface area contributed by atoms with Gasteiger partial charge in [-0.25, -0.2) is 0 Å². The van der Waals surface area contributed by atoms with Gasteiger partial charge in [0.15, 0.2) is 6.21 Å². The van der Waals surface area contributed by atoms with Gasteiger partial charge >= 0.3 is 0 Å². The fourth-order valence-corrected chi connectivity index (χ4v) is 2.14. The van der Waals surface area contributed by atoms with Crippen molar-refractivity contribution < 1.29 is 10.2 Å². The van der Waals surface area contributed by atoms with Crippen molar-refractivity contribution in [3.8, 4) is 5.75 Å². The summed E-state index contributed by atoms with van der Waals surface area (Å²) in [5.41, 5.74) is 8.62. The van der Waals surface area contributed by atoms with Crippen LogP contribution >= 0.6 is 44.1 Å². The lowest BCUT2D eigenvalue weighted by Gasteiger charge is -2.00. The minimum Gasteiger partial charge on any atom is -0.506 e. The largest absolute Gasteiger partial charge is 0.506 e. The van der Waals surface area contributed by atoms with Gasteiger partial charge in [-0.15, -0.1) is 10.5 Å². The van der Waals surface area contributed by atoms with E-state index in [1.54, 1.807) is 18.3 Å². The Morgan fingerprint density at radius 2 is 2.00 bits per heavy atom. The average molecular weight is 354 g/mol. The molecule has 0 fully saturated rings. The summed E-state index contributed by atoms with van der Waals surface area (Å²) >= 11 is 11.0. The Morgan fingerprint density at radius 1 is 1.47 bits per heavy atom. The summed E-state index contributed by atoms with van der Waals surface area (Å²) in [7, 11) is 0. The molecular formula is C8H8Br2N3OS+. The van der Waals surface area contributed by atoms with Crippen LogP contribution in [0.25, 0.3) is 0 Å². The van der Waals surface area contributed by atoms with Crippen molar-refractivity contribution in [1.29, 1.82) is 0 Å². The van der Waals surface area contributed by atoms with Crippen molar-refractivity contribution in [1.82, 2.24) is 5.43 Å². The van der Waals surface area contributed by atoms with Gasteiger partial charge in [-0.1, -0.05) is 0 Å². The van der Waals surface area contributed by atoms with Crippen LogP contribution in [0.5, 0.6) is 5.75 Å². The van der Waals surface area contributed by atoms with Crippen molar-refractivity contribution in [2.75, 3.05) is 0 Å². The quantitative estimate of drug-likeness (QED) is 0.347. The fraction of sp³-hybridized carbons (Fsp3) is 0. The average Bonchev–Trinajstić information content (AvgIpc) is 2.13. The first-order chi connectivity index (χ1) is 7.00. The summed E-state index contributed by atoms with van der Waals surface area (Å²) in [5.74, 6) is 0.162. The molecular weight excluding hydrogens is 346 g/mol. The number of hydrogen-bond donors (Lipinski definition) is 4. The second kappa shape index (κ2) is 5.43. The highest BCUT2D eigenvalue weighted by molar-refractivity contribution is 9.11. The van der Waals surface area contributed by atoms with Crippen molar-refractivity contribution in [3.05, 3.63) is 26.6 Å². The predicted octanol–water partition coefficient (Wildman–Crippen LogP) is 0.165. The minimum atomic E-state index is 0.156. The van der Waals surface area contributed by atoms with Crippen LogP contribution in [-0.2, 0) is 0 Å². The van der Waals surface area contributed by atoms with E-state index >= 15 is 0 Å². The molecule has 0 bridgehead atoms. The SMILES string of the molecule is NC(=S)N/[NH+]=C/c1cc(Br)c(O)c(Br)c1. The first kappa shape index (κ1) is 12.4. The van der Waals surface area contributed by atoms with Crippen LogP contribution in [0.2, 0.25) is 0 Å².